The van der Waals surface area contributed by atoms with Gasteiger partial charge in [0.05, 0.1) is 0 Å². The molecule has 0 aliphatic carbocycles. The van der Waals surface area contributed by atoms with Crippen LogP contribution in [0.4, 0.5) is 0 Å². The summed E-state index contributed by atoms with van der Waals surface area (Å²) in [7, 11) is 0. The number of para-hydroxylation sites is 1. The van der Waals surface area contributed by atoms with Crippen molar-refractivity contribution in [3.63, 3.8) is 0 Å². The van der Waals surface area contributed by atoms with E-state index in [2.05, 4.69) is 15.5 Å². The minimum absolute atomic E-state index is 0.0495. The highest BCUT2D eigenvalue weighted by Gasteiger charge is 2.16. The molecule has 0 radical (unpaired) electrons. The molecule has 0 saturated heterocycles. The molecule has 1 atom stereocenters. The van der Waals surface area contributed by atoms with E-state index in [1.165, 1.54) is 0 Å². The van der Waals surface area contributed by atoms with Crippen LogP contribution in [0.2, 0.25) is 0 Å². The smallest absolute Gasteiger partial charge is 0.273 e. The van der Waals surface area contributed by atoms with E-state index in [-0.39, 0.29) is 24.2 Å². The van der Waals surface area contributed by atoms with Crippen molar-refractivity contribution in [2.24, 2.45) is 0 Å². The summed E-state index contributed by atoms with van der Waals surface area (Å²) in [5, 5.41) is 6.76. The Labute approximate surface area is 162 Å². The summed E-state index contributed by atoms with van der Waals surface area (Å²) in [6.45, 7) is 2.15. The van der Waals surface area contributed by atoms with E-state index in [0.29, 0.717) is 12.2 Å². The molecular weight excluding hydrogens is 362 g/mol. The minimum atomic E-state index is -0.272. The van der Waals surface area contributed by atoms with Gasteiger partial charge in [-0.15, -0.1) is 11.8 Å². The number of amides is 1. The van der Waals surface area contributed by atoms with Gasteiger partial charge in [0.2, 0.25) is 0 Å². The van der Waals surface area contributed by atoms with Gasteiger partial charge in [0.1, 0.15) is 12.4 Å². The quantitative estimate of drug-likeness (QED) is 0.597. The van der Waals surface area contributed by atoms with E-state index >= 15 is 0 Å². The zero-order valence-corrected chi connectivity index (χ0v) is 16.0. The summed E-state index contributed by atoms with van der Waals surface area (Å²) in [4.78, 5) is 17.5. The SMILES string of the molecule is CSc1ccccc1OCc1cc(C(=O)N[C@H](C)Cc2cccnc2)no1. The van der Waals surface area contributed by atoms with Crippen LogP contribution < -0.4 is 10.1 Å². The average Bonchev–Trinajstić information content (AvgIpc) is 3.16. The Morgan fingerprint density at radius 3 is 2.93 bits per heavy atom. The number of thioether (sulfide) groups is 1. The third-order valence-corrected chi connectivity index (χ3v) is 4.65. The monoisotopic (exact) mass is 383 g/mol. The van der Waals surface area contributed by atoms with Gasteiger partial charge in [0, 0.05) is 29.4 Å². The summed E-state index contributed by atoms with van der Waals surface area (Å²) in [5.74, 6) is 0.999. The van der Waals surface area contributed by atoms with Crippen molar-refractivity contribution in [3.05, 3.63) is 71.9 Å². The number of rotatable bonds is 8. The molecule has 0 bridgehead atoms. The van der Waals surface area contributed by atoms with Crippen molar-refractivity contribution in [3.8, 4) is 5.75 Å². The molecule has 1 aromatic carbocycles. The molecule has 0 unspecified atom stereocenters. The van der Waals surface area contributed by atoms with Gasteiger partial charge in [0.25, 0.3) is 5.91 Å². The van der Waals surface area contributed by atoms with E-state index in [9.17, 15) is 4.79 Å². The number of hydrogen-bond acceptors (Lipinski definition) is 6. The number of nitrogens with zero attached hydrogens (tertiary/aromatic N) is 2. The third-order valence-electron chi connectivity index (χ3n) is 3.87. The molecule has 0 fully saturated rings. The zero-order chi connectivity index (χ0) is 19.1. The second kappa shape index (κ2) is 9.23. The molecule has 2 heterocycles. The molecule has 3 aromatic rings. The van der Waals surface area contributed by atoms with Gasteiger partial charge in [-0.3, -0.25) is 9.78 Å². The molecule has 0 spiro atoms. The number of nitrogens with one attached hydrogen (secondary N) is 1. The van der Waals surface area contributed by atoms with Gasteiger partial charge in [-0.05, 0) is 43.4 Å². The van der Waals surface area contributed by atoms with Crippen LogP contribution in [0.15, 0.2) is 64.3 Å². The normalized spacial score (nSPS) is 11.8. The molecule has 6 nitrogen and oxygen atoms in total. The fraction of sp³-hybridized carbons (Fsp3) is 0.250. The van der Waals surface area contributed by atoms with Crippen molar-refractivity contribution in [1.82, 2.24) is 15.5 Å². The molecule has 140 valence electrons. The summed E-state index contributed by atoms with van der Waals surface area (Å²) in [6, 6.07) is 13.2. The first-order valence-electron chi connectivity index (χ1n) is 8.57. The van der Waals surface area contributed by atoms with Crippen LogP contribution in [0.1, 0.15) is 28.7 Å². The number of ether oxygens (including phenoxy) is 1. The van der Waals surface area contributed by atoms with E-state index in [0.717, 1.165) is 16.2 Å². The zero-order valence-electron chi connectivity index (χ0n) is 15.2. The Hall–Kier alpha value is -2.80. The van der Waals surface area contributed by atoms with Crippen LogP contribution in [-0.2, 0) is 13.0 Å². The van der Waals surface area contributed by atoms with Crippen molar-refractivity contribution in [1.29, 1.82) is 0 Å². The number of pyridine rings is 1. The van der Waals surface area contributed by atoms with Crippen LogP contribution >= 0.6 is 11.8 Å². The summed E-state index contributed by atoms with van der Waals surface area (Å²) in [6.07, 6.45) is 6.20. The lowest BCUT2D eigenvalue weighted by Crippen LogP contribution is -2.34. The lowest BCUT2D eigenvalue weighted by Gasteiger charge is -2.12. The fourth-order valence-electron chi connectivity index (χ4n) is 2.60. The minimum Gasteiger partial charge on any atom is -0.484 e. The maximum absolute atomic E-state index is 12.3. The van der Waals surface area contributed by atoms with Crippen LogP contribution in [0.3, 0.4) is 0 Å². The van der Waals surface area contributed by atoms with Gasteiger partial charge < -0.3 is 14.6 Å². The Balaban J connectivity index is 1.54. The molecule has 3 rings (SSSR count). The van der Waals surface area contributed by atoms with Crippen LogP contribution in [0, 0.1) is 0 Å². The number of hydrogen-bond donors (Lipinski definition) is 1. The average molecular weight is 383 g/mol. The molecule has 0 saturated carbocycles. The lowest BCUT2D eigenvalue weighted by atomic mass is 10.1. The molecule has 0 aliphatic rings. The number of benzene rings is 1. The lowest BCUT2D eigenvalue weighted by molar-refractivity contribution is 0.0930. The Bertz CT molecular complexity index is 883. The standard InChI is InChI=1S/C20H21N3O3S/c1-14(10-15-6-5-9-21-12-15)22-20(24)17-11-16(26-23-17)13-25-18-7-3-4-8-19(18)27-2/h3-9,11-12,14H,10,13H2,1-2H3,(H,22,24)/t14-/m1/s1. The van der Waals surface area contributed by atoms with Crippen LogP contribution in [0.25, 0.3) is 0 Å². The summed E-state index contributed by atoms with van der Waals surface area (Å²) in [5.41, 5.74) is 1.30. The van der Waals surface area contributed by atoms with Crippen LogP contribution in [0.5, 0.6) is 5.75 Å². The Morgan fingerprint density at radius 2 is 2.15 bits per heavy atom. The third kappa shape index (κ3) is 5.34. The molecule has 7 heteroatoms. The second-order valence-corrected chi connectivity index (χ2v) is 6.91. The fourth-order valence-corrected chi connectivity index (χ4v) is 3.14. The van der Waals surface area contributed by atoms with Gasteiger partial charge >= 0.3 is 0 Å². The maximum atomic E-state index is 12.3. The largest absolute Gasteiger partial charge is 0.484 e. The van der Waals surface area contributed by atoms with Crippen molar-refractivity contribution >= 4 is 17.7 Å². The maximum Gasteiger partial charge on any atom is 0.273 e. The first-order valence-corrected chi connectivity index (χ1v) is 9.79. The highest BCUT2D eigenvalue weighted by atomic mass is 32.2. The highest BCUT2D eigenvalue weighted by Crippen LogP contribution is 2.27. The van der Waals surface area contributed by atoms with Crippen molar-refractivity contribution < 1.29 is 14.1 Å². The first-order chi connectivity index (χ1) is 13.2. The van der Waals surface area contributed by atoms with Crippen molar-refractivity contribution in [2.75, 3.05) is 6.26 Å². The number of carbonyl (C=O) groups is 1. The van der Waals surface area contributed by atoms with E-state index in [1.807, 2.05) is 49.6 Å². The highest BCUT2D eigenvalue weighted by molar-refractivity contribution is 7.98. The topological polar surface area (TPSA) is 77.2 Å². The van der Waals surface area contributed by atoms with Crippen LogP contribution in [-0.4, -0.2) is 28.3 Å². The second-order valence-electron chi connectivity index (χ2n) is 6.06. The molecule has 27 heavy (non-hydrogen) atoms. The molecule has 1 amide bonds. The van der Waals surface area contributed by atoms with Gasteiger partial charge in [-0.25, -0.2) is 0 Å². The van der Waals surface area contributed by atoms with Gasteiger partial charge in [0.15, 0.2) is 11.5 Å². The Kier molecular flexibility index (Phi) is 6.49. The molecule has 2 aromatic heterocycles. The molecular formula is C20H21N3O3S. The first kappa shape index (κ1) is 19.0. The van der Waals surface area contributed by atoms with Gasteiger partial charge in [-0.2, -0.15) is 0 Å². The van der Waals surface area contributed by atoms with Gasteiger partial charge in [-0.1, -0.05) is 23.4 Å². The summed E-state index contributed by atoms with van der Waals surface area (Å²) < 4.78 is 11.0. The van der Waals surface area contributed by atoms with E-state index in [1.54, 1.807) is 30.2 Å². The van der Waals surface area contributed by atoms with Crippen molar-refractivity contribution in [2.45, 2.75) is 30.9 Å². The van der Waals surface area contributed by atoms with E-state index < -0.39 is 0 Å². The Morgan fingerprint density at radius 1 is 1.30 bits per heavy atom. The summed E-state index contributed by atoms with van der Waals surface area (Å²) >= 11 is 1.61. The number of aromatic nitrogens is 2. The predicted molar refractivity (Wildman–Crippen MR) is 104 cm³/mol. The predicted octanol–water partition coefficient (Wildman–Crippen LogP) is 3.73. The molecule has 0 aliphatic heterocycles. The molecule has 1 N–H and O–H groups in total. The number of carbonyl (C=O) groups excluding carboxylic acids is 1. The van der Waals surface area contributed by atoms with E-state index in [4.69, 9.17) is 9.26 Å².